The highest BCUT2D eigenvalue weighted by Crippen LogP contribution is 2.36. The van der Waals surface area contributed by atoms with Crippen molar-refractivity contribution in [1.29, 1.82) is 0 Å². The minimum absolute atomic E-state index is 0.0508. The number of carbonyl (C=O) groups is 2. The van der Waals surface area contributed by atoms with Crippen LogP contribution in [0.25, 0.3) is 0 Å². The standard InChI is InChI=1S/C12H24N2O3/c1-11(2,3)12(4,5)7-14-9(15)6-8(13)10(16)17/h8H,6-7,13H2,1-5H3,(H,14,15)(H,16,17). The highest BCUT2D eigenvalue weighted by Gasteiger charge is 2.33. The number of nitrogens with two attached hydrogens (primary N) is 1. The molecular formula is C12H24N2O3. The summed E-state index contributed by atoms with van der Waals surface area (Å²) in [5.41, 5.74) is 5.26. The third-order valence-corrected chi connectivity index (χ3v) is 3.48. The molecule has 1 atom stereocenters. The quantitative estimate of drug-likeness (QED) is 0.672. The van der Waals surface area contributed by atoms with Gasteiger partial charge in [0, 0.05) is 6.54 Å². The minimum Gasteiger partial charge on any atom is -0.480 e. The SMILES string of the molecule is CC(C)(C)C(C)(C)CNC(=O)CC(N)C(=O)O. The van der Waals surface area contributed by atoms with Crippen molar-refractivity contribution in [2.24, 2.45) is 16.6 Å². The van der Waals surface area contributed by atoms with E-state index in [-0.39, 0.29) is 23.2 Å². The van der Waals surface area contributed by atoms with E-state index >= 15 is 0 Å². The fraction of sp³-hybridized carbons (Fsp3) is 0.833. The van der Waals surface area contributed by atoms with Gasteiger partial charge in [-0.15, -0.1) is 0 Å². The Bertz CT molecular complexity index is 293. The average Bonchev–Trinajstić information content (AvgIpc) is 2.12. The maximum Gasteiger partial charge on any atom is 0.321 e. The maximum absolute atomic E-state index is 11.5. The molecule has 1 unspecified atom stereocenters. The molecule has 5 heteroatoms. The number of nitrogens with one attached hydrogen (secondary N) is 1. The Morgan fingerprint density at radius 1 is 1.24 bits per heavy atom. The Morgan fingerprint density at radius 2 is 1.71 bits per heavy atom. The van der Waals surface area contributed by atoms with Gasteiger partial charge in [0.15, 0.2) is 0 Å². The number of hydrogen-bond donors (Lipinski definition) is 3. The van der Waals surface area contributed by atoms with Gasteiger partial charge in [0.1, 0.15) is 6.04 Å². The maximum atomic E-state index is 11.5. The highest BCUT2D eigenvalue weighted by atomic mass is 16.4. The Balaban J connectivity index is 4.22. The normalized spacial score (nSPS) is 14.2. The van der Waals surface area contributed by atoms with Gasteiger partial charge >= 0.3 is 5.97 Å². The van der Waals surface area contributed by atoms with Crippen LogP contribution < -0.4 is 11.1 Å². The average molecular weight is 244 g/mol. The molecule has 0 rings (SSSR count). The van der Waals surface area contributed by atoms with Crippen molar-refractivity contribution in [2.75, 3.05) is 6.54 Å². The molecule has 0 heterocycles. The molecule has 0 saturated carbocycles. The largest absolute Gasteiger partial charge is 0.480 e. The first-order chi connectivity index (χ1) is 7.47. The van der Waals surface area contributed by atoms with E-state index in [1.807, 2.05) is 0 Å². The molecule has 17 heavy (non-hydrogen) atoms. The van der Waals surface area contributed by atoms with Crippen molar-refractivity contribution in [1.82, 2.24) is 5.32 Å². The van der Waals surface area contributed by atoms with Crippen molar-refractivity contribution in [3.8, 4) is 0 Å². The molecule has 0 radical (unpaired) electrons. The molecule has 1 amide bonds. The molecule has 0 fully saturated rings. The van der Waals surface area contributed by atoms with Crippen molar-refractivity contribution in [3.63, 3.8) is 0 Å². The van der Waals surface area contributed by atoms with Crippen LogP contribution in [0.1, 0.15) is 41.0 Å². The van der Waals surface area contributed by atoms with Crippen LogP contribution in [0.15, 0.2) is 0 Å². The molecule has 0 aromatic rings. The Morgan fingerprint density at radius 3 is 2.06 bits per heavy atom. The summed E-state index contributed by atoms with van der Waals surface area (Å²) in [4.78, 5) is 22.0. The monoisotopic (exact) mass is 244 g/mol. The van der Waals surface area contributed by atoms with Gasteiger partial charge in [-0.3, -0.25) is 9.59 Å². The second-order valence-electron chi connectivity index (χ2n) is 6.06. The van der Waals surface area contributed by atoms with E-state index in [2.05, 4.69) is 39.9 Å². The second kappa shape index (κ2) is 5.49. The predicted octanol–water partition coefficient (Wildman–Crippen LogP) is 0.977. The first kappa shape index (κ1) is 15.9. The summed E-state index contributed by atoms with van der Waals surface area (Å²) in [7, 11) is 0. The molecule has 0 saturated heterocycles. The van der Waals surface area contributed by atoms with E-state index in [4.69, 9.17) is 10.8 Å². The zero-order valence-electron chi connectivity index (χ0n) is 11.3. The van der Waals surface area contributed by atoms with Gasteiger partial charge < -0.3 is 16.2 Å². The van der Waals surface area contributed by atoms with Crippen molar-refractivity contribution < 1.29 is 14.7 Å². The molecule has 100 valence electrons. The summed E-state index contributed by atoms with van der Waals surface area (Å²) >= 11 is 0. The summed E-state index contributed by atoms with van der Waals surface area (Å²) in [6, 6.07) is -1.13. The van der Waals surface area contributed by atoms with Gasteiger partial charge in [-0.05, 0) is 10.8 Å². The lowest BCUT2D eigenvalue weighted by Crippen LogP contribution is -2.44. The van der Waals surface area contributed by atoms with E-state index in [0.717, 1.165) is 0 Å². The van der Waals surface area contributed by atoms with E-state index < -0.39 is 12.0 Å². The molecule has 0 aromatic heterocycles. The Labute approximate surface area is 103 Å². The zero-order valence-corrected chi connectivity index (χ0v) is 11.3. The van der Waals surface area contributed by atoms with Crippen LogP contribution in [0, 0.1) is 10.8 Å². The number of rotatable bonds is 5. The third kappa shape index (κ3) is 5.17. The first-order valence-corrected chi connectivity index (χ1v) is 5.72. The van der Waals surface area contributed by atoms with Crippen LogP contribution in [0.5, 0.6) is 0 Å². The lowest BCUT2D eigenvalue weighted by atomic mass is 9.69. The molecule has 5 nitrogen and oxygen atoms in total. The predicted molar refractivity (Wildman–Crippen MR) is 66.5 cm³/mol. The van der Waals surface area contributed by atoms with Crippen LogP contribution in [-0.2, 0) is 9.59 Å². The third-order valence-electron chi connectivity index (χ3n) is 3.48. The number of aliphatic carboxylic acids is 1. The number of carboxylic acid groups (broad SMARTS) is 1. The topological polar surface area (TPSA) is 92.4 Å². The number of carbonyl (C=O) groups excluding carboxylic acids is 1. The summed E-state index contributed by atoms with van der Waals surface area (Å²) in [5, 5.41) is 11.3. The number of hydrogen-bond acceptors (Lipinski definition) is 3. The van der Waals surface area contributed by atoms with Crippen LogP contribution in [-0.4, -0.2) is 29.6 Å². The van der Waals surface area contributed by atoms with Gasteiger partial charge in [0.25, 0.3) is 0 Å². The highest BCUT2D eigenvalue weighted by molar-refractivity contribution is 5.84. The van der Waals surface area contributed by atoms with Crippen LogP contribution in [0.2, 0.25) is 0 Å². The van der Waals surface area contributed by atoms with Gasteiger partial charge in [-0.25, -0.2) is 0 Å². The van der Waals surface area contributed by atoms with Crippen LogP contribution >= 0.6 is 0 Å². The molecule has 0 aliphatic heterocycles. The Kier molecular flexibility index (Phi) is 5.13. The fourth-order valence-electron chi connectivity index (χ4n) is 0.944. The van der Waals surface area contributed by atoms with E-state index in [1.165, 1.54) is 0 Å². The summed E-state index contributed by atoms with van der Waals surface area (Å²) in [6.07, 6.45) is -0.185. The molecule has 0 aliphatic rings. The van der Waals surface area contributed by atoms with Crippen LogP contribution in [0.4, 0.5) is 0 Å². The summed E-state index contributed by atoms with van der Waals surface area (Å²) < 4.78 is 0. The number of amides is 1. The van der Waals surface area contributed by atoms with Gasteiger partial charge in [0.2, 0.25) is 5.91 Å². The lowest BCUT2D eigenvalue weighted by Gasteiger charge is -2.39. The lowest BCUT2D eigenvalue weighted by molar-refractivity contribution is -0.140. The van der Waals surface area contributed by atoms with Gasteiger partial charge in [0.05, 0.1) is 6.42 Å². The molecule has 0 aromatic carbocycles. The fourth-order valence-corrected chi connectivity index (χ4v) is 0.944. The molecule has 0 spiro atoms. The number of carboxylic acids is 1. The smallest absolute Gasteiger partial charge is 0.321 e. The first-order valence-electron chi connectivity index (χ1n) is 5.72. The van der Waals surface area contributed by atoms with Crippen LogP contribution in [0.3, 0.4) is 0 Å². The van der Waals surface area contributed by atoms with Gasteiger partial charge in [-0.2, -0.15) is 0 Å². The summed E-state index contributed by atoms with van der Waals surface area (Å²) in [6.45, 7) is 10.9. The molecule has 4 N–H and O–H groups in total. The molecule has 0 bridgehead atoms. The summed E-state index contributed by atoms with van der Waals surface area (Å²) in [5.74, 6) is -1.48. The van der Waals surface area contributed by atoms with Crippen molar-refractivity contribution in [3.05, 3.63) is 0 Å². The Hall–Kier alpha value is -1.10. The second-order valence-corrected chi connectivity index (χ2v) is 6.06. The minimum atomic E-state index is -1.16. The zero-order chi connectivity index (χ0) is 13.9. The van der Waals surface area contributed by atoms with Crippen molar-refractivity contribution in [2.45, 2.75) is 47.1 Å². The van der Waals surface area contributed by atoms with Gasteiger partial charge in [-0.1, -0.05) is 34.6 Å². The van der Waals surface area contributed by atoms with E-state index in [1.54, 1.807) is 0 Å². The molecule has 0 aliphatic carbocycles. The van der Waals surface area contributed by atoms with E-state index in [9.17, 15) is 9.59 Å². The van der Waals surface area contributed by atoms with E-state index in [0.29, 0.717) is 6.54 Å². The van der Waals surface area contributed by atoms with Crippen molar-refractivity contribution >= 4 is 11.9 Å². The molecular weight excluding hydrogens is 220 g/mol.